The van der Waals surface area contributed by atoms with E-state index in [2.05, 4.69) is 4.99 Å². The first-order chi connectivity index (χ1) is 5.24. The molecule has 0 aliphatic rings. The molecule has 0 fully saturated rings. The van der Waals surface area contributed by atoms with E-state index >= 15 is 0 Å². The van der Waals surface area contributed by atoms with Crippen molar-refractivity contribution in [3.8, 4) is 0 Å². The number of nitrogens with two attached hydrogens (primary N) is 1. The van der Waals surface area contributed by atoms with Crippen LogP contribution in [0.3, 0.4) is 0 Å². The Morgan fingerprint density at radius 3 is 2.18 bits per heavy atom. The first-order valence-electron chi connectivity index (χ1n) is 3.27. The summed E-state index contributed by atoms with van der Waals surface area (Å²) < 4.78 is 0. The van der Waals surface area contributed by atoms with Gasteiger partial charge in [0.05, 0.1) is 0 Å². The monoisotopic (exact) mass is 167 g/mol. The number of hydrogen-bond donors (Lipinski definition) is 2. The van der Waals surface area contributed by atoms with Gasteiger partial charge in [-0.1, -0.05) is 0 Å². The second kappa shape index (κ2) is 5.42. The molecule has 0 aromatic carbocycles. The summed E-state index contributed by atoms with van der Waals surface area (Å²) in [4.78, 5) is 12.7. The molecule has 3 N–H and O–H groups in total. The fraction of sp³-hybridized carbons (Fsp3) is 1.00. The van der Waals surface area contributed by atoms with Crippen LogP contribution >= 0.6 is 0 Å². The number of hydrogen-bond acceptors (Lipinski definition) is 5. The Bertz CT molecular complexity index is 88.2. The maximum Gasteiger partial charge on any atom is 0.182 e. The van der Waals surface area contributed by atoms with E-state index < -0.39 is 4.97 Å². The van der Waals surface area contributed by atoms with Crippen LogP contribution in [0.1, 0.15) is 6.42 Å². The molecule has 11 heavy (non-hydrogen) atoms. The largest absolute Gasteiger partial charge is 0.330 e. The van der Waals surface area contributed by atoms with Crippen LogP contribution in [0, 0.1) is 0 Å². The van der Waals surface area contributed by atoms with E-state index in [4.69, 9.17) is 20.7 Å². The SMILES string of the molecule is CO[N+](CCCN)(OC)OO. The summed E-state index contributed by atoms with van der Waals surface area (Å²) in [6.07, 6.45) is 0.627. The van der Waals surface area contributed by atoms with E-state index in [1.807, 2.05) is 0 Å². The van der Waals surface area contributed by atoms with Gasteiger partial charge in [0.25, 0.3) is 0 Å². The van der Waals surface area contributed by atoms with Crippen molar-refractivity contribution in [1.82, 2.24) is 0 Å². The second-order valence-electron chi connectivity index (χ2n) is 1.92. The van der Waals surface area contributed by atoms with Crippen LogP contribution < -0.4 is 5.73 Å². The van der Waals surface area contributed by atoms with Crippen molar-refractivity contribution in [1.29, 1.82) is 0 Å². The third kappa shape index (κ3) is 3.10. The molecule has 0 bridgehead atoms. The molecule has 0 aromatic rings. The molecule has 0 saturated heterocycles. The van der Waals surface area contributed by atoms with Gasteiger partial charge in [0, 0.05) is 11.4 Å². The molecule has 0 aromatic heterocycles. The van der Waals surface area contributed by atoms with Crippen molar-refractivity contribution >= 4 is 0 Å². The van der Waals surface area contributed by atoms with Gasteiger partial charge in [-0.25, -0.2) is 0 Å². The minimum atomic E-state index is -0.711. The molecule has 0 aliphatic heterocycles. The highest BCUT2D eigenvalue weighted by molar-refractivity contribution is 4.30. The van der Waals surface area contributed by atoms with Crippen molar-refractivity contribution in [2.24, 2.45) is 5.73 Å². The van der Waals surface area contributed by atoms with Crippen LogP contribution in [0.2, 0.25) is 0 Å². The highest BCUT2D eigenvalue weighted by Crippen LogP contribution is 2.07. The molecule has 0 saturated carbocycles. The molecule has 0 aliphatic carbocycles. The zero-order valence-corrected chi connectivity index (χ0v) is 6.82. The summed E-state index contributed by atoms with van der Waals surface area (Å²) in [5, 5.41) is 8.38. The van der Waals surface area contributed by atoms with Gasteiger partial charge in [-0.3, -0.25) is 0 Å². The maximum absolute atomic E-state index is 8.38. The van der Waals surface area contributed by atoms with Gasteiger partial charge in [-0.05, 0) is 6.54 Å². The minimum absolute atomic E-state index is 0.333. The van der Waals surface area contributed by atoms with E-state index in [9.17, 15) is 0 Å². The lowest BCUT2D eigenvalue weighted by molar-refractivity contribution is -1.39. The Kier molecular flexibility index (Phi) is 5.30. The minimum Gasteiger partial charge on any atom is -0.330 e. The maximum atomic E-state index is 8.38. The predicted molar refractivity (Wildman–Crippen MR) is 36.5 cm³/mol. The van der Waals surface area contributed by atoms with Gasteiger partial charge in [0.1, 0.15) is 19.2 Å². The molecule has 6 heteroatoms. The van der Waals surface area contributed by atoms with E-state index in [1.165, 1.54) is 14.2 Å². The van der Waals surface area contributed by atoms with Crippen LogP contribution in [-0.4, -0.2) is 37.5 Å². The van der Waals surface area contributed by atoms with E-state index in [-0.39, 0.29) is 0 Å². The zero-order chi connectivity index (χ0) is 8.74. The standard InChI is InChI=1S/C5H14N2O4/c1-9-7(10-2,11-8)5-3-4-6/h3-6H2,1-2H3/p+1. The van der Waals surface area contributed by atoms with Crippen molar-refractivity contribution < 1.29 is 24.9 Å². The Morgan fingerprint density at radius 1 is 1.36 bits per heavy atom. The topological polar surface area (TPSA) is 73.9 Å². The normalized spacial score (nSPS) is 12.0. The Morgan fingerprint density at radius 2 is 1.91 bits per heavy atom. The molecule has 0 amide bonds. The Hall–Kier alpha value is -0.240. The second-order valence-corrected chi connectivity index (χ2v) is 1.92. The van der Waals surface area contributed by atoms with Gasteiger partial charge < -0.3 is 5.73 Å². The summed E-state index contributed by atoms with van der Waals surface area (Å²) in [6, 6.07) is 0. The van der Waals surface area contributed by atoms with Crippen LogP contribution in [-0.2, 0) is 14.7 Å². The molecule has 0 spiro atoms. The molecule has 6 nitrogen and oxygen atoms in total. The van der Waals surface area contributed by atoms with Crippen molar-refractivity contribution in [3.63, 3.8) is 0 Å². The molecule has 68 valence electrons. The van der Waals surface area contributed by atoms with Gasteiger partial charge >= 0.3 is 0 Å². The number of nitrogens with zero attached hydrogens (tertiary/aromatic N) is 1. The number of quaternary nitrogens is 1. The lowest BCUT2D eigenvalue weighted by Crippen LogP contribution is -2.46. The zero-order valence-electron chi connectivity index (χ0n) is 6.82. The van der Waals surface area contributed by atoms with E-state index in [0.29, 0.717) is 19.5 Å². The highest BCUT2D eigenvalue weighted by atomic mass is 17.4. The third-order valence-corrected chi connectivity index (χ3v) is 1.32. The lowest BCUT2D eigenvalue weighted by Gasteiger charge is -2.21. The summed E-state index contributed by atoms with van der Waals surface area (Å²) in [5.41, 5.74) is 5.24. The van der Waals surface area contributed by atoms with Gasteiger partial charge in [-0.15, -0.1) is 9.68 Å². The van der Waals surface area contributed by atoms with Gasteiger partial charge in [-0.2, -0.15) is 5.26 Å². The van der Waals surface area contributed by atoms with Crippen molar-refractivity contribution in [2.45, 2.75) is 6.42 Å². The fourth-order valence-corrected chi connectivity index (χ4v) is 0.650. The van der Waals surface area contributed by atoms with E-state index in [1.54, 1.807) is 0 Å². The highest BCUT2D eigenvalue weighted by Gasteiger charge is 2.31. The molecule has 0 unspecified atom stereocenters. The molecule has 0 radical (unpaired) electrons. The summed E-state index contributed by atoms with van der Waals surface area (Å²) >= 11 is 0. The van der Waals surface area contributed by atoms with E-state index in [0.717, 1.165) is 0 Å². The van der Waals surface area contributed by atoms with Crippen LogP contribution in [0.25, 0.3) is 0 Å². The Labute approximate surface area is 65.4 Å². The summed E-state index contributed by atoms with van der Waals surface area (Å²) in [7, 11) is 2.71. The molecular formula is C5H15N2O4+. The van der Waals surface area contributed by atoms with Crippen molar-refractivity contribution in [2.75, 3.05) is 27.3 Å². The first kappa shape index (κ1) is 10.8. The third-order valence-electron chi connectivity index (χ3n) is 1.32. The molecular weight excluding hydrogens is 152 g/mol. The summed E-state index contributed by atoms with van der Waals surface area (Å²) in [6.45, 7) is 0.816. The average molecular weight is 167 g/mol. The molecule has 0 atom stereocenters. The van der Waals surface area contributed by atoms with Crippen LogP contribution in [0.4, 0.5) is 0 Å². The smallest absolute Gasteiger partial charge is 0.182 e. The van der Waals surface area contributed by atoms with Crippen molar-refractivity contribution in [3.05, 3.63) is 0 Å². The number of hydroxylamine groups is 3. The fourth-order valence-electron chi connectivity index (χ4n) is 0.650. The molecule has 0 heterocycles. The van der Waals surface area contributed by atoms with Crippen LogP contribution in [0.15, 0.2) is 0 Å². The summed E-state index contributed by atoms with van der Waals surface area (Å²) in [5.74, 6) is 0. The first-order valence-corrected chi connectivity index (χ1v) is 3.27. The quantitative estimate of drug-likeness (QED) is 0.322. The van der Waals surface area contributed by atoms with Gasteiger partial charge in [0.15, 0.2) is 6.54 Å². The number of rotatable bonds is 6. The predicted octanol–water partition coefficient (Wildman–Crippen LogP) is -0.321. The van der Waals surface area contributed by atoms with Gasteiger partial charge in [0.2, 0.25) is 0 Å². The lowest BCUT2D eigenvalue weighted by atomic mass is 10.4. The van der Waals surface area contributed by atoms with Crippen LogP contribution in [0.5, 0.6) is 0 Å². The Balaban J connectivity index is 3.84. The average Bonchev–Trinajstić information content (AvgIpc) is 2.08. The molecule has 0 rings (SSSR count).